The molecule has 6 nitrogen and oxygen atoms in total. The lowest BCUT2D eigenvalue weighted by Gasteiger charge is -2.26. The van der Waals surface area contributed by atoms with Crippen molar-refractivity contribution in [2.45, 2.75) is 19.0 Å². The Balaban J connectivity index is 1.76. The van der Waals surface area contributed by atoms with Crippen LogP contribution in [-0.2, 0) is 16.1 Å². The van der Waals surface area contributed by atoms with Crippen LogP contribution in [0, 0.1) is 0 Å². The van der Waals surface area contributed by atoms with Gasteiger partial charge in [0.2, 0.25) is 0 Å². The van der Waals surface area contributed by atoms with E-state index in [2.05, 4.69) is 20.9 Å². The number of aliphatic hydroxyl groups excluding tert-OH is 1. The van der Waals surface area contributed by atoms with Crippen molar-refractivity contribution in [2.75, 3.05) is 6.54 Å². The lowest BCUT2D eigenvalue weighted by molar-refractivity contribution is -0.139. The molecule has 2 heterocycles. The molecule has 4 rings (SSSR count). The predicted molar refractivity (Wildman–Crippen MR) is 126 cm³/mol. The van der Waals surface area contributed by atoms with E-state index in [4.69, 9.17) is 23.2 Å². The number of hydrogen-bond donors (Lipinski definition) is 1. The summed E-state index contributed by atoms with van der Waals surface area (Å²) >= 11 is 15.9. The molecule has 3 aromatic rings. The fourth-order valence-electron chi connectivity index (χ4n) is 3.76. The van der Waals surface area contributed by atoms with E-state index in [0.29, 0.717) is 40.7 Å². The van der Waals surface area contributed by atoms with Crippen LogP contribution >= 0.6 is 39.1 Å². The van der Waals surface area contributed by atoms with E-state index in [1.165, 1.54) is 4.90 Å². The van der Waals surface area contributed by atoms with Gasteiger partial charge >= 0.3 is 0 Å². The second-order valence-electron chi connectivity index (χ2n) is 7.32. The van der Waals surface area contributed by atoms with Crippen molar-refractivity contribution >= 4 is 56.6 Å². The summed E-state index contributed by atoms with van der Waals surface area (Å²) in [7, 11) is 0. The minimum absolute atomic E-state index is 0.00387. The molecule has 0 radical (unpaired) electrons. The number of Topliss-reactive ketones (excluding diaryl/α,β-unsaturated/α-hetero) is 1. The number of rotatable bonds is 6. The van der Waals surface area contributed by atoms with Crippen LogP contribution in [0.2, 0.25) is 10.0 Å². The number of benzene rings is 2. The Bertz CT molecular complexity index is 1190. The lowest BCUT2D eigenvalue weighted by atomic mass is 9.95. The standard InChI is InChI=1S/C23H18BrCl2N3O3/c24-15-4-2-14(3-5-15)21(30)19-20(17-7-6-16(25)12-18(17)26)29(23(32)22(19)31)10-1-9-28-11-8-27-13-28/h2-8,11-13,20,30H,1,9-10H2/t20-/m0/s1. The van der Waals surface area contributed by atoms with Gasteiger partial charge in [-0.1, -0.05) is 57.3 Å². The van der Waals surface area contributed by atoms with E-state index >= 15 is 0 Å². The Hall–Kier alpha value is -2.61. The number of aliphatic hydroxyl groups is 1. The van der Waals surface area contributed by atoms with Crippen molar-refractivity contribution in [3.63, 3.8) is 0 Å². The summed E-state index contributed by atoms with van der Waals surface area (Å²) in [6.07, 6.45) is 5.78. The Kier molecular flexibility index (Phi) is 6.69. The average molecular weight is 535 g/mol. The van der Waals surface area contributed by atoms with Gasteiger partial charge in [-0.3, -0.25) is 9.59 Å². The van der Waals surface area contributed by atoms with E-state index < -0.39 is 17.7 Å². The first-order chi connectivity index (χ1) is 15.4. The fourth-order valence-corrected chi connectivity index (χ4v) is 4.54. The summed E-state index contributed by atoms with van der Waals surface area (Å²) in [5.41, 5.74) is 0.959. The zero-order valence-corrected chi connectivity index (χ0v) is 19.8. The SMILES string of the molecule is O=C1C(=O)N(CCCn2ccnc2)[C@@H](c2ccc(Cl)cc2Cl)C1=C(O)c1ccc(Br)cc1. The molecule has 164 valence electrons. The first-order valence-corrected chi connectivity index (χ1v) is 11.4. The number of nitrogens with zero attached hydrogens (tertiary/aromatic N) is 3. The van der Waals surface area contributed by atoms with Crippen LogP contribution < -0.4 is 0 Å². The fraction of sp³-hybridized carbons (Fsp3) is 0.174. The minimum Gasteiger partial charge on any atom is -0.507 e. The van der Waals surface area contributed by atoms with Crippen molar-refractivity contribution in [2.24, 2.45) is 0 Å². The van der Waals surface area contributed by atoms with Gasteiger partial charge in [-0.05, 0) is 36.2 Å². The third-order valence-corrected chi connectivity index (χ3v) is 6.38. The maximum absolute atomic E-state index is 13.0. The number of ketones is 1. The molecular formula is C23H18BrCl2N3O3. The molecule has 1 N–H and O–H groups in total. The van der Waals surface area contributed by atoms with Crippen LogP contribution in [-0.4, -0.2) is 37.8 Å². The van der Waals surface area contributed by atoms with Gasteiger partial charge in [-0.15, -0.1) is 0 Å². The van der Waals surface area contributed by atoms with Crippen LogP contribution in [0.3, 0.4) is 0 Å². The molecule has 0 saturated carbocycles. The van der Waals surface area contributed by atoms with Gasteiger partial charge in [0.1, 0.15) is 5.76 Å². The summed E-state index contributed by atoms with van der Waals surface area (Å²) in [5, 5.41) is 11.8. The highest BCUT2D eigenvalue weighted by molar-refractivity contribution is 9.10. The molecule has 32 heavy (non-hydrogen) atoms. The summed E-state index contributed by atoms with van der Waals surface area (Å²) in [5.74, 6) is -1.67. The molecule has 1 atom stereocenters. The van der Waals surface area contributed by atoms with Gasteiger partial charge in [0.05, 0.1) is 17.9 Å². The van der Waals surface area contributed by atoms with E-state index in [1.54, 1.807) is 55.0 Å². The third-order valence-electron chi connectivity index (χ3n) is 5.29. The first-order valence-electron chi connectivity index (χ1n) is 9.82. The number of imidazole rings is 1. The number of carbonyl (C=O) groups is 2. The summed E-state index contributed by atoms with van der Waals surface area (Å²) in [4.78, 5) is 31.5. The third kappa shape index (κ3) is 4.46. The molecule has 2 aromatic carbocycles. The number of aryl methyl sites for hydroxylation is 1. The number of amides is 1. The van der Waals surface area contributed by atoms with E-state index in [1.807, 2.05) is 10.8 Å². The Morgan fingerprint density at radius 2 is 1.84 bits per heavy atom. The van der Waals surface area contributed by atoms with Crippen molar-refractivity contribution < 1.29 is 14.7 Å². The maximum atomic E-state index is 13.0. The van der Waals surface area contributed by atoms with Gasteiger partial charge in [0, 0.05) is 45.6 Å². The van der Waals surface area contributed by atoms with Crippen molar-refractivity contribution in [1.82, 2.24) is 14.5 Å². The monoisotopic (exact) mass is 533 g/mol. The molecule has 9 heteroatoms. The number of halogens is 3. The molecule has 1 fully saturated rings. The predicted octanol–water partition coefficient (Wildman–Crippen LogP) is 5.46. The largest absolute Gasteiger partial charge is 0.507 e. The molecule has 0 aliphatic carbocycles. The van der Waals surface area contributed by atoms with Crippen LogP contribution in [0.4, 0.5) is 0 Å². The number of likely N-dealkylation sites (tertiary alicyclic amines) is 1. The van der Waals surface area contributed by atoms with E-state index in [9.17, 15) is 14.7 Å². The molecule has 1 aliphatic rings. The second kappa shape index (κ2) is 9.48. The van der Waals surface area contributed by atoms with Gasteiger partial charge < -0.3 is 14.6 Å². The highest BCUT2D eigenvalue weighted by atomic mass is 79.9. The zero-order chi connectivity index (χ0) is 22.8. The van der Waals surface area contributed by atoms with Gasteiger partial charge in [0.15, 0.2) is 0 Å². The van der Waals surface area contributed by atoms with Gasteiger partial charge in [-0.25, -0.2) is 4.98 Å². The molecule has 0 unspecified atom stereocenters. The normalized spacial score (nSPS) is 17.8. The lowest BCUT2D eigenvalue weighted by Crippen LogP contribution is -2.31. The van der Waals surface area contributed by atoms with Crippen LogP contribution in [0.5, 0.6) is 0 Å². The summed E-state index contributed by atoms with van der Waals surface area (Å²) in [6.45, 7) is 0.917. The van der Waals surface area contributed by atoms with E-state index in [-0.39, 0.29) is 11.3 Å². The summed E-state index contributed by atoms with van der Waals surface area (Å²) < 4.78 is 2.72. The molecule has 1 aliphatic heterocycles. The number of aromatic nitrogens is 2. The topological polar surface area (TPSA) is 75.4 Å². The molecule has 1 amide bonds. The van der Waals surface area contributed by atoms with Crippen molar-refractivity contribution in [1.29, 1.82) is 0 Å². The smallest absolute Gasteiger partial charge is 0.295 e. The maximum Gasteiger partial charge on any atom is 0.295 e. The van der Waals surface area contributed by atoms with Crippen molar-refractivity contribution in [3.05, 3.63) is 92.4 Å². The zero-order valence-electron chi connectivity index (χ0n) is 16.7. The van der Waals surface area contributed by atoms with Crippen LogP contribution in [0.25, 0.3) is 5.76 Å². The number of carbonyl (C=O) groups excluding carboxylic acids is 2. The minimum atomic E-state index is -0.828. The van der Waals surface area contributed by atoms with Crippen molar-refractivity contribution in [3.8, 4) is 0 Å². The molecule has 1 aromatic heterocycles. The Labute approximate surface area is 203 Å². The Morgan fingerprint density at radius 1 is 1.09 bits per heavy atom. The number of hydrogen-bond acceptors (Lipinski definition) is 4. The second-order valence-corrected chi connectivity index (χ2v) is 9.08. The average Bonchev–Trinajstić information content (AvgIpc) is 3.36. The molecular weight excluding hydrogens is 517 g/mol. The molecule has 0 spiro atoms. The van der Waals surface area contributed by atoms with Crippen LogP contribution in [0.1, 0.15) is 23.6 Å². The highest BCUT2D eigenvalue weighted by Crippen LogP contribution is 2.42. The first kappa shape index (κ1) is 22.6. The highest BCUT2D eigenvalue weighted by Gasteiger charge is 2.46. The summed E-state index contributed by atoms with van der Waals surface area (Å²) in [6, 6.07) is 10.9. The van der Waals surface area contributed by atoms with Crippen LogP contribution in [0.15, 0.2) is 71.2 Å². The van der Waals surface area contributed by atoms with E-state index in [0.717, 1.165) is 4.47 Å². The molecule has 0 bridgehead atoms. The quantitative estimate of drug-likeness (QED) is 0.259. The molecule has 1 saturated heterocycles. The van der Waals surface area contributed by atoms with Gasteiger partial charge in [-0.2, -0.15) is 0 Å². The Morgan fingerprint density at radius 3 is 2.50 bits per heavy atom. The van der Waals surface area contributed by atoms with Gasteiger partial charge in [0.25, 0.3) is 11.7 Å².